The minimum atomic E-state index is -1.27. The quantitative estimate of drug-likeness (QED) is 0.919. The van der Waals surface area contributed by atoms with Crippen molar-refractivity contribution in [2.75, 3.05) is 6.61 Å². The second-order valence-corrected chi connectivity index (χ2v) is 6.20. The standard InChI is InChI=1S/C13H15FO4S/c1-8-12(4-5-18-8)19(17)7-10-6-9(13(15)16)2-3-11(10)14/h2-3,6,8,12H,4-5,7H2,1H3,(H,15,16). The molecule has 1 N–H and O–H groups in total. The highest BCUT2D eigenvalue weighted by Crippen LogP contribution is 2.22. The molecular formula is C13H15FO4S. The van der Waals surface area contributed by atoms with E-state index in [-0.39, 0.29) is 28.2 Å². The third-order valence-corrected chi connectivity index (χ3v) is 5.12. The SMILES string of the molecule is CC1OCCC1S(=O)Cc1cc(C(=O)O)ccc1F. The second-order valence-electron chi connectivity index (χ2n) is 4.54. The number of carboxylic acids is 1. The molecule has 0 saturated carbocycles. The lowest BCUT2D eigenvalue weighted by atomic mass is 10.1. The Morgan fingerprint density at radius 3 is 2.89 bits per heavy atom. The monoisotopic (exact) mass is 286 g/mol. The summed E-state index contributed by atoms with van der Waals surface area (Å²) < 4.78 is 31.1. The van der Waals surface area contributed by atoms with Gasteiger partial charge in [0.05, 0.1) is 22.7 Å². The molecule has 3 unspecified atom stereocenters. The van der Waals surface area contributed by atoms with Crippen molar-refractivity contribution < 1.29 is 23.2 Å². The van der Waals surface area contributed by atoms with Gasteiger partial charge in [-0.1, -0.05) is 0 Å². The molecular weight excluding hydrogens is 271 g/mol. The lowest BCUT2D eigenvalue weighted by molar-refractivity contribution is 0.0696. The van der Waals surface area contributed by atoms with Crippen molar-refractivity contribution in [3.8, 4) is 0 Å². The lowest BCUT2D eigenvalue weighted by Crippen LogP contribution is -2.24. The van der Waals surface area contributed by atoms with Gasteiger partial charge in [0, 0.05) is 23.0 Å². The molecule has 104 valence electrons. The van der Waals surface area contributed by atoms with Crippen molar-refractivity contribution in [1.82, 2.24) is 0 Å². The fourth-order valence-electron chi connectivity index (χ4n) is 2.14. The molecule has 1 aromatic carbocycles. The lowest BCUT2D eigenvalue weighted by Gasteiger charge is -2.14. The third kappa shape index (κ3) is 3.19. The molecule has 0 aliphatic carbocycles. The fraction of sp³-hybridized carbons (Fsp3) is 0.462. The van der Waals surface area contributed by atoms with E-state index in [0.717, 1.165) is 6.07 Å². The van der Waals surface area contributed by atoms with Crippen LogP contribution < -0.4 is 0 Å². The Balaban J connectivity index is 2.16. The molecule has 1 saturated heterocycles. The van der Waals surface area contributed by atoms with Crippen LogP contribution in [0.15, 0.2) is 18.2 Å². The van der Waals surface area contributed by atoms with Gasteiger partial charge in [-0.05, 0) is 31.5 Å². The van der Waals surface area contributed by atoms with Gasteiger partial charge in [0.25, 0.3) is 0 Å². The summed E-state index contributed by atoms with van der Waals surface area (Å²) in [6, 6.07) is 3.55. The maximum Gasteiger partial charge on any atom is 0.335 e. The van der Waals surface area contributed by atoms with Gasteiger partial charge < -0.3 is 9.84 Å². The van der Waals surface area contributed by atoms with E-state index in [2.05, 4.69) is 0 Å². The first-order chi connectivity index (χ1) is 8.99. The highest BCUT2D eigenvalue weighted by atomic mass is 32.2. The van der Waals surface area contributed by atoms with E-state index in [0.29, 0.717) is 13.0 Å². The summed E-state index contributed by atoms with van der Waals surface area (Å²) >= 11 is 0. The van der Waals surface area contributed by atoms with Gasteiger partial charge in [-0.25, -0.2) is 9.18 Å². The van der Waals surface area contributed by atoms with E-state index in [1.165, 1.54) is 12.1 Å². The number of hydrogen-bond acceptors (Lipinski definition) is 3. The Bertz CT molecular complexity index is 517. The zero-order valence-corrected chi connectivity index (χ0v) is 11.3. The van der Waals surface area contributed by atoms with Gasteiger partial charge in [0.15, 0.2) is 0 Å². The molecule has 4 nitrogen and oxygen atoms in total. The zero-order chi connectivity index (χ0) is 14.0. The first kappa shape index (κ1) is 14.1. The van der Waals surface area contributed by atoms with E-state index in [4.69, 9.17) is 9.84 Å². The van der Waals surface area contributed by atoms with Gasteiger partial charge in [-0.2, -0.15) is 0 Å². The van der Waals surface area contributed by atoms with Crippen molar-refractivity contribution in [2.45, 2.75) is 30.5 Å². The number of rotatable bonds is 4. The molecule has 1 fully saturated rings. The van der Waals surface area contributed by atoms with Gasteiger partial charge >= 0.3 is 5.97 Å². The molecule has 0 bridgehead atoms. The van der Waals surface area contributed by atoms with Crippen LogP contribution >= 0.6 is 0 Å². The minimum absolute atomic E-state index is 0.00382. The first-order valence-electron chi connectivity index (χ1n) is 5.99. The van der Waals surface area contributed by atoms with Crippen molar-refractivity contribution >= 4 is 16.8 Å². The number of halogens is 1. The number of hydrogen-bond donors (Lipinski definition) is 1. The molecule has 0 aromatic heterocycles. The molecule has 19 heavy (non-hydrogen) atoms. The van der Waals surface area contributed by atoms with Crippen LogP contribution in [-0.2, 0) is 21.3 Å². The molecule has 6 heteroatoms. The topological polar surface area (TPSA) is 63.6 Å². The van der Waals surface area contributed by atoms with E-state index >= 15 is 0 Å². The number of carboxylic acid groups (broad SMARTS) is 1. The van der Waals surface area contributed by atoms with E-state index in [1.54, 1.807) is 0 Å². The average molecular weight is 286 g/mol. The van der Waals surface area contributed by atoms with Crippen LogP contribution in [0.25, 0.3) is 0 Å². The number of carbonyl (C=O) groups is 1. The van der Waals surface area contributed by atoms with Crippen LogP contribution in [0.3, 0.4) is 0 Å². The van der Waals surface area contributed by atoms with Crippen LogP contribution in [0, 0.1) is 5.82 Å². The third-order valence-electron chi connectivity index (χ3n) is 3.23. The second kappa shape index (κ2) is 5.79. The van der Waals surface area contributed by atoms with E-state index < -0.39 is 22.6 Å². The molecule has 0 radical (unpaired) electrons. The Kier molecular flexibility index (Phi) is 4.31. The summed E-state index contributed by atoms with van der Waals surface area (Å²) in [5.41, 5.74) is 0.182. The molecule has 1 aliphatic rings. The van der Waals surface area contributed by atoms with Crippen molar-refractivity contribution in [2.24, 2.45) is 0 Å². The summed E-state index contributed by atoms with van der Waals surface area (Å²) in [6.07, 6.45) is 0.583. The predicted molar refractivity (Wildman–Crippen MR) is 69.0 cm³/mol. The summed E-state index contributed by atoms with van der Waals surface area (Å²) in [6.45, 7) is 2.41. The largest absolute Gasteiger partial charge is 0.478 e. The minimum Gasteiger partial charge on any atom is -0.478 e. The van der Waals surface area contributed by atoms with Crippen LogP contribution in [0.5, 0.6) is 0 Å². The van der Waals surface area contributed by atoms with Crippen molar-refractivity contribution in [1.29, 1.82) is 0 Å². The Labute approximate surface area is 113 Å². The molecule has 2 rings (SSSR count). The molecule has 0 amide bonds. The van der Waals surface area contributed by atoms with E-state index in [1.807, 2.05) is 6.92 Å². The van der Waals surface area contributed by atoms with Gasteiger partial charge in [-0.15, -0.1) is 0 Å². The van der Waals surface area contributed by atoms with Gasteiger partial charge in [0.2, 0.25) is 0 Å². The normalized spacial score (nSPS) is 24.3. The van der Waals surface area contributed by atoms with Crippen LogP contribution in [0.1, 0.15) is 29.3 Å². The highest BCUT2D eigenvalue weighted by molar-refractivity contribution is 7.84. The van der Waals surface area contributed by atoms with E-state index in [9.17, 15) is 13.4 Å². The number of ether oxygens (including phenoxy) is 1. The van der Waals surface area contributed by atoms with Crippen LogP contribution in [0.2, 0.25) is 0 Å². The Hall–Kier alpha value is -1.27. The molecule has 0 spiro atoms. The van der Waals surface area contributed by atoms with Gasteiger partial charge in [-0.3, -0.25) is 4.21 Å². The molecule has 1 aliphatic heterocycles. The van der Waals surface area contributed by atoms with Gasteiger partial charge in [0.1, 0.15) is 5.82 Å². The molecule has 1 heterocycles. The summed E-state index contributed by atoms with van der Waals surface area (Å²) in [5, 5.41) is 8.75. The Morgan fingerprint density at radius 2 is 2.32 bits per heavy atom. The van der Waals surface area contributed by atoms with Crippen LogP contribution in [0.4, 0.5) is 4.39 Å². The number of benzene rings is 1. The fourth-order valence-corrected chi connectivity index (χ4v) is 3.74. The molecule has 3 atom stereocenters. The summed E-state index contributed by atoms with van der Waals surface area (Å²) in [7, 11) is -1.27. The Morgan fingerprint density at radius 1 is 1.58 bits per heavy atom. The smallest absolute Gasteiger partial charge is 0.335 e. The zero-order valence-electron chi connectivity index (χ0n) is 10.5. The average Bonchev–Trinajstić information content (AvgIpc) is 2.78. The van der Waals surface area contributed by atoms with Crippen molar-refractivity contribution in [3.63, 3.8) is 0 Å². The van der Waals surface area contributed by atoms with Crippen LogP contribution in [-0.4, -0.2) is 33.2 Å². The predicted octanol–water partition coefficient (Wildman–Crippen LogP) is 1.95. The maximum atomic E-state index is 13.6. The summed E-state index contributed by atoms with van der Waals surface area (Å²) in [4.78, 5) is 10.8. The van der Waals surface area contributed by atoms with Crippen molar-refractivity contribution in [3.05, 3.63) is 35.1 Å². The molecule has 1 aromatic rings. The maximum absolute atomic E-state index is 13.6. The highest BCUT2D eigenvalue weighted by Gasteiger charge is 2.30. The number of aromatic carboxylic acids is 1. The first-order valence-corrected chi connectivity index (χ1v) is 7.37. The summed E-state index contributed by atoms with van der Waals surface area (Å²) in [5.74, 6) is -1.62.